The minimum absolute atomic E-state index is 0.163. The van der Waals surface area contributed by atoms with Crippen LogP contribution in [-0.2, 0) is 23.7 Å². The van der Waals surface area contributed by atoms with Crippen LogP contribution >= 0.6 is 35.0 Å². The molecule has 0 aliphatic carbocycles. The van der Waals surface area contributed by atoms with Gasteiger partial charge < -0.3 is 5.32 Å². The van der Waals surface area contributed by atoms with E-state index in [1.807, 2.05) is 0 Å². The molecule has 2 heterocycles. The van der Waals surface area contributed by atoms with Crippen molar-refractivity contribution in [3.63, 3.8) is 0 Å². The van der Waals surface area contributed by atoms with E-state index in [0.29, 0.717) is 26.8 Å². The number of hydrogen-bond donors (Lipinski definition) is 1. The van der Waals surface area contributed by atoms with E-state index in [2.05, 4.69) is 5.32 Å². The second-order valence-electron chi connectivity index (χ2n) is 7.12. The molecule has 4 rings (SSSR count). The van der Waals surface area contributed by atoms with Crippen LogP contribution < -0.4 is 11.0 Å². The Morgan fingerprint density at radius 1 is 1.00 bits per heavy atom. The number of nitrogens with zero attached hydrogens (tertiary/aromatic N) is 3. The Morgan fingerprint density at radius 3 is 2.34 bits per heavy atom. The zero-order valence-corrected chi connectivity index (χ0v) is 19.2. The number of halogens is 2. The Morgan fingerprint density at radius 2 is 1.66 bits per heavy atom. The fraction of sp³-hybridized carbons (Fsp3) is 0.143. The van der Waals surface area contributed by atoms with Crippen LogP contribution in [0.3, 0.4) is 0 Å². The maximum Gasteiger partial charge on any atom is 0.328 e. The van der Waals surface area contributed by atoms with Gasteiger partial charge in [-0.05, 0) is 53.7 Å². The number of benzene rings is 2. The number of nitrogens with one attached hydrogen (secondary N) is 1. The first-order chi connectivity index (χ1) is 15.1. The van der Waals surface area contributed by atoms with Gasteiger partial charge in [0.2, 0.25) is 5.91 Å². The van der Waals surface area contributed by atoms with Crippen LogP contribution in [0.2, 0.25) is 10.0 Å². The number of aromatic nitrogens is 2. The van der Waals surface area contributed by atoms with Gasteiger partial charge in [0.15, 0.2) is 0 Å². The van der Waals surface area contributed by atoms with Gasteiger partial charge in [0.25, 0.3) is 11.1 Å². The summed E-state index contributed by atoms with van der Waals surface area (Å²) >= 11 is 12.6. The van der Waals surface area contributed by atoms with Gasteiger partial charge in [-0.25, -0.2) is 4.79 Å². The maximum atomic E-state index is 12.7. The van der Waals surface area contributed by atoms with Gasteiger partial charge >= 0.3 is 5.69 Å². The first-order valence-electron chi connectivity index (χ1n) is 9.31. The number of carbonyl (C=O) groups is 3. The summed E-state index contributed by atoms with van der Waals surface area (Å²) in [4.78, 5) is 50.6. The van der Waals surface area contributed by atoms with Crippen LogP contribution in [0.15, 0.2) is 46.1 Å². The number of imidazole rings is 1. The first-order valence-corrected chi connectivity index (χ1v) is 10.9. The van der Waals surface area contributed by atoms with Crippen molar-refractivity contribution in [1.29, 1.82) is 0 Å². The number of fused-ring (bicyclic) bond motifs is 1. The summed E-state index contributed by atoms with van der Waals surface area (Å²) in [5.41, 5.74) is 2.30. The second kappa shape index (κ2) is 8.50. The van der Waals surface area contributed by atoms with Crippen LogP contribution in [-0.4, -0.2) is 37.6 Å². The zero-order valence-electron chi connectivity index (χ0n) is 16.9. The van der Waals surface area contributed by atoms with E-state index in [-0.39, 0.29) is 10.6 Å². The fourth-order valence-corrected chi connectivity index (χ4v) is 4.74. The van der Waals surface area contributed by atoms with E-state index in [4.69, 9.17) is 23.2 Å². The predicted octanol–water partition coefficient (Wildman–Crippen LogP) is 3.86. The van der Waals surface area contributed by atoms with Crippen molar-refractivity contribution in [3.05, 3.63) is 67.4 Å². The number of thioether (sulfide) groups is 1. The molecule has 8 nitrogen and oxygen atoms in total. The van der Waals surface area contributed by atoms with Gasteiger partial charge in [-0.2, -0.15) is 0 Å². The highest BCUT2D eigenvalue weighted by Gasteiger charge is 2.36. The molecule has 1 saturated heterocycles. The minimum Gasteiger partial charge on any atom is -0.324 e. The number of anilines is 1. The van der Waals surface area contributed by atoms with Gasteiger partial charge in [-0.3, -0.25) is 28.4 Å². The standard InChI is InChI=1S/C21H16Cl2N4O4S/c1-25-15-4-3-11(5-16(15)26(2)20(25)30)6-17-19(29)27(21(31)32-17)10-18(28)24-14-8-12(22)7-13(23)9-14/h3-9H,10H2,1-2H3,(H,24,28). The molecule has 11 heteroatoms. The third-order valence-electron chi connectivity index (χ3n) is 4.92. The highest BCUT2D eigenvalue weighted by Crippen LogP contribution is 2.32. The Labute approximate surface area is 196 Å². The van der Waals surface area contributed by atoms with Crippen LogP contribution in [0.25, 0.3) is 17.1 Å². The summed E-state index contributed by atoms with van der Waals surface area (Å²) in [6.45, 7) is -0.446. The van der Waals surface area contributed by atoms with E-state index in [1.165, 1.54) is 27.3 Å². The average molecular weight is 491 g/mol. The van der Waals surface area contributed by atoms with Crippen LogP contribution in [0, 0.1) is 0 Å². The molecule has 0 spiro atoms. The molecule has 1 fully saturated rings. The largest absolute Gasteiger partial charge is 0.328 e. The maximum absolute atomic E-state index is 12.7. The number of amides is 3. The number of hydrogen-bond acceptors (Lipinski definition) is 5. The molecule has 1 aliphatic heterocycles. The van der Waals surface area contributed by atoms with Crippen LogP contribution in [0.5, 0.6) is 0 Å². The van der Waals surface area contributed by atoms with Crippen molar-refractivity contribution in [1.82, 2.24) is 14.0 Å². The molecule has 0 atom stereocenters. The SMILES string of the molecule is Cn1c(=O)n(C)c2cc(C=C3SC(=O)N(CC(=O)Nc4cc(Cl)cc(Cl)c4)C3=O)ccc21. The summed E-state index contributed by atoms with van der Waals surface area (Å²) < 4.78 is 3.03. The Kier molecular flexibility index (Phi) is 5.89. The lowest BCUT2D eigenvalue weighted by atomic mass is 10.2. The normalized spacial score (nSPS) is 15.2. The van der Waals surface area contributed by atoms with Crippen molar-refractivity contribution in [2.75, 3.05) is 11.9 Å². The summed E-state index contributed by atoms with van der Waals surface area (Å²) in [6.07, 6.45) is 1.57. The third kappa shape index (κ3) is 4.19. The minimum atomic E-state index is -0.568. The quantitative estimate of drug-likeness (QED) is 0.560. The number of rotatable bonds is 4. The van der Waals surface area contributed by atoms with E-state index in [1.54, 1.807) is 38.4 Å². The average Bonchev–Trinajstić information content (AvgIpc) is 3.09. The Balaban J connectivity index is 1.53. The second-order valence-corrected chi connectivity index (χ2v) is 8.99. The fourth-order valence-electron chi connectivity index (χ4n) is 3.37. The van der Waals surface area contributed by atoms with E-state index in [0.717, 1.165) is 22.2 Å². The number of carbonyl (C=O) groups excluding carboxylic acids is 3. The topological polar surface area (TPSA) is 93.4 Å². The smallest absolute Gasteiger partial charge is 0.324 e. The van der Waals surface area contributed by atoms with Gasteiger partial charge in [0.1, 0.15) is 6.54 Å². The van der Waals surface area contributed by atoms with Crippen molar-refractivity contribution < 1.29 is 14.4 Å². The molecule has 0 bridgehead atoms. The van der Waals surface area contributed by atoms with Crippen molar-refractivity contribution in [2.45, 2.75) is 0 Å². The van der Waals surface area contributed by atoms with E-state index >= 15 is 0 Å². The van der Waals surface area contributed by atoms with Crippen molar-refractivity contribution in [2.24, 2.45) is 14.1 Å². The van der Waals surface area contributed by atoms with E-state index in [9.17, 15) is 19.2 Å². The van der Waals surface area contributed by atoms with Crippen LogP contribution in [0.1, 0.15) is 5.56 Å². The molecule has 1 N–H and O–H groups in total. The number of aryl methyl sites for hydroxylation is 2. The van der Waals surface area contributed by atoms with E-state index < -0.39 is 23.6 Å². The lowest BCUT2D eigenvalue weighted by molar-refractivity contribution is -0.127. The molecule has 1 aliphatic rings. The Hall–Kier alpha value is -3.01. The molecule has 3 amide bonds. The highest BCUT2D eigenvalue weighted by atomic mass is 35.5. The van der Waals surface area contributed by atoms with Gasteiger partial charge in [0.05, 0.1) is 15.9 Å². The molecular weight excluding hydrogens is 475 g/mol. The summed E-state index contributed by atoms with van der Waals surface area (Å²) in [7, 11) is 3.34. The lowest BCUT2D eigenvalue weighted by Gasteiger charge is -2.12. The molecule has 32 heavy (non-hydrogen) atoms. The summed E-state index contributed by atoms with van der Waals surface area (Å²) in [5.74, 6) is -1.13. The molecule has 3 aromatic rings. The lowest BCUT2D eigenvalue weighted by Crippen LogP contribution is -2.36. The molecule has 1 aromatic heterocycles. The monoisotopic (exact) mass is 490 g/mol. The highest BCUT2D eigenvalue weighted by molar-refractivity contribution is 8.18. The van der Waals surface area contributed by atoms with Gasteiger partial charge in [-0.15, -0.1) is 0 Å². The summed E-state index contributed by atoms with van der Waals surface area (Å²) in [6, 6.07) is 9.82. The van der Waals surface area contributed by atoms with Crippen molar-refractivity contribution in [3.8, 4) is 0 Å². The van der Waals surface area contributed by atoms with Crippen LogP contribution in [0.4, 0.5) is 10.5 Å². The van der Waals surface area contributed by atoms with Gasteiger partial charge in [-0.1, -0.05) is 29.3 Å². The zero-order chi connectivity index (χ0) is 23.2. The molecule has 0 saturated carbocycles. The third-order valence-corrected chi connectivity index (χ3v) is 6.26. The predicted molar refractivity (Wildman–Crippen MR) is 126 cm³/mol. The number of imide groups is 1. The molecular formula is C21H16Cl2N4O4S. The van der Waals surface area contributed by atoms with Crippen molar-refractivity contribution >= 4 is 74.8 Å². The van der Waals surface area contributed by atoms with Gasteiger partial charge in [0, 0.05) is 29.8 Å². The molecule has 164 valence electrons. The first kappa shape index (κ1) is 22.2. The molecule has 0 radical (unpaired) electrons. The Bertz CT molecular complexity index is 1370. The summed E-state index contributed by atoms with van der Waals surface area (Å²) in [5, 5.41) is 2.71. The molecule has 2 aromatic carbocycles. The molecule has 0 unspecified atom stereocenters.